The Hall–Kier alpha value is -1.39. The monoisotopic (exact) mass is 236 g/mol. The Bertz CT molecular complexity index is 341. The molecular weight excluding hydrogens is 216 g/mol. The summed E-state index contributed by atoms with van der Waals surface area (Å²) in [4.78, 5) is 11.4. The number of amides is 1. The first kappa shape index (κ1) is 13.7. The van der Waals surface area contributed by atoms with Crippen LogP contribution in [0.5, 0.6) is 0 Å². The lowest BCUT2D eigenvalue weighted by atomic mass is 10.1. The summed E-state index contributed by atoms with van der Waals surface area (Å²) in [5, 5.41) is 15.0. The Morgan fingerprint density at radius 2 is 2.00 bits per heavy atom. The number of rotatable bonds is 6. The summed E-state index contributed by atoms with van der Waals surface area (Å²) >= 11 is 0. The summed E-state index contributed by atoms with van der Waals surface area (Å²) in [7, 11) is 1.60. The normalized spacial score (nSPS) is 14.1. The average Bonchev–Trinajstić information content (AvgIpc) is 2.38. The molecule has 0 bridgehead atoms. The molecule has 0 aliphatic carbocycles. The summed E-state index contributed by atoms with van der Waals surface area (Å²) in [5.41, 5.74) is 1.14. The maximum absolute atomic E-state index is 11.4. The first-order chi connectivity index (χ1) is 8.17. The molecule has 4 heteroatoms. The lowest BCUT2D eigenvalue weighted by Crippen LogP contribution is -2.47. The van der Waals surface area contributed by atoms with Gasteiger partial charge in [-0.15, -0.1) is 0 Å². The van der Waals surface area contributed by atoms with Gasteiger partial charge in [0.25, 0.3) is 0 Å². The summed E-state index contributed by atoms with van der Waals surface area (Å²) in [5.74, 6) is -0.0727. The van der Waals surface area contributed by atoms with E-state index in [0.717, 1.165) is 5.56 Å². The fourth-order valence-corrected chi connectivity index (χ4v) is 1.72. The Morgan fingerprint density at radius 1 is 1.35 bits per heavy atom. The number of likely N-dealkylation sites (N-methyl/N-ethyl adjacent to an activating group) is 1. The number of carbonyl (C=O) groups excluding carboxylic acids is 1. The molecule has 1 aromatic carbocycles. The molecule has 0 radical (unpaired) electrons. The van der Waals surface area contributed by atoms with Gasteiger partial charge in [0.05, 0.1) is 12.6 Å². The van der Waals surface area contributed by atoms with E-state index in [4.69, 9.17) is 0 Å². The van der Waals surface area contributed by atoms with Crippen LogP contribution in [0.1, 0.15) is 12.5 Å². The molecule has 0 heterocycles. The second kappa shape index (κ2) is 7.04. The van der Waals surface area contributed by atoms with Gasteiger partial charge in [0.15, 0.2) is 0 Å². The van der Waals surface area contributed by atoms with E-state index in [1.807, 2.05) is 30.3 Å². The lowest BCUT2D eigenvalue weighted by Gasteiger charge is -2.20. The van der Waals surface area contributed by atoms with Crippen molar-refractivity contribution in [2.45, 2.75) is 25.4 Å². The number of carbonyl (C=O) groups is 1. The standard InChI is InChI=1S/C13H20N2O2/c1-10(13(17)14-2)15-12(9-16)8-11-6-4-3-5-7-11/h3-7,10,12,15-16H,8-9H2,1-2H3,(H,14,17). The van der Waals surface area contributed by atoms with Gasteiger partial charge in [-0.25, -0.2) is 0 Å². The predicted octanol–water partition coefficient (Wildman–Crippen LogP) is 0.314. The van der Waals surface area contributed by atoms with Crippen molar-refractivity contribution in [1.29, 1.82) is 0 Å². The molecule has 0 saturated carbocycles. The number of nitrogens with one attached hydrogen (secondary N) is 2. The topological polar surface area (TPSA) is 61.4 Å². The van der Waals surface area contributed by atoms with E-state index in [1.165, 1.54) is 0 Å². The van der Waals surface area contributed by atoms with Crippen molar-refractivity contribution in [3.63, 3.8) is 0 Å². The van der Waals surface area contributed by atoms with Crippen molar-refractivity contribution >= 4 is 5.91 Å². The van der Waals surface area contributed by atoms with E-state index >= 15 is 0 Å². The molecule has 94 valence electrons. The minimum Gasteiger partial charge on any atom is -0.395 e. The van der Waals surface area contributed by atoms with Gasteiger partial charge in [0.1, 0.15) is 0 Å². The van der Waals surface area contributed by atoms with Crippen LogP contribution in [0.4, 0.5) is 0 Å². The maximum Gasteiger partial charge on any atom is 0.236 e. The fraction of sp³-hybridized carbons (Fsp3) is 0.462. The summed E-state index contributed by atoms with van der Waals surface area (Å²) < 4.78 is 0. The largest absolute Gasteiger partial charge is 0.395 e. The SMILES string of the molecule is CNC(=O)C(C)NC(CO)Cc1ccccc1. The summed E-state index contributed by atoms with van der Waals surface area (Å²) in [6.45, 7) is 1.79. The minimum atomic E-state index is -0.305. The Morgan fingerprint density at radius 3 is 2.53 bits per heavy atom. The van der Waals surface area contributed by atoms with E-state index in [-0.39, 0.29) is 24.6 Å². The fourth-order valence-electron chi connectivity index (χ4n) is 1.72. The number of aliphatic hydroxyl groups is 1. The molecule has 2 unspecified atom stereocenters. The molecule has 1 rings (SSSR count). The molecule has 4 nitrogen and oxygen atoms in total. The molecule has 0 aliphatic rings. The Labute approximate surface area is 102 Å². The van der Waals surface area contributed by atoms with Crippen LogP contribution in [0.2, 0.25) is 0 Å². The third-order valence-electron chi connectivity index (χ3n) is 2.67. The minimum absolute atomic E-state index is 0.0101. The van der Waals surface area contributed by atoms with E-state index < -0.39 is 0 Å². The highest BCUT2D eigenvalue weighted by atomic mass is 16.3. The van der Waals surface area contributed by atoms with Gasteiger partial charge < -0.3 is 15.7 Å². The molecule has 1 amide bonds. The number of benzene rings is 1. The van der Waals surface area contributed by atoms with Crippen LogP contribution in [-0.4, -0.2) is 36.8 Å². The quantitative estimate of drug-likeness (QED) is 0.666. The van der Waals surface area contributed by atoms with Crippen LogP contribution in [0, 0.1) is 0 Å². The molecular formula is C13H20N2O2. The van der Waals surface area contributed by atoms with Crippen LogP contribution in [0.3, 0.4) is 0 Å². The summed E-state index contributed by atoms with van der Waals surface area (Å²) in [6.07, 6.45) is 0.707. The molecule has 0 fully saturated rings. The molecule has 3 N–H and O–H groups in total. The van der Waals surface area contributed by atoms with Gasteiger partial charge in [0, 0.05) is 13.1 Å². The molecule has 0 saturated heterocycles. The molecule has 0 aromatic heterocycles. The van der Waals surface area contributed by atoms with Crippen LogP contribution in [0.25, 0.3) is 0 Å². The lowest BCUT2D eigenvalue weighted by molar-refractivity contribution is -0.122. The number of hydrogen-bond acceptors (Lipinski definition) is 3. The van der Waals surface area contributed by atoms with Crippen molar-refractivity contribution in [3.8, 4) is 0 Å². The zero-order valence-corrected chi connectivity index (χ0v) is 10.3. The third-order valence-corrected chi connectivity index (χ3v) is 2.67. The van der Waals surface area contributed by atoms with Crippen LogP contribution in [0.15, 0.2) is 30.3 Å². The predicted molar refractivity (Wildman–Crippen MR) is 67.7 cm³/mol. The first-order valence-corrected chi connectivity index (χ1v) is 5.79. The molecule has 0 spiro atoms. The molecule has 0 aliphatic heterocycles. The highest BCUT2D eigenvalue weighted by Gasteiger charge is 2.16. The first-order valence-electron chi connectivity index (χ1n) is 5.79. The summed E-state index contributed by atoms with van der Waals surface area (Å²) in [6, 6.07) is 9.49. The van der Waals surface area contributed by atoms with Gasteiger partial charge in [0.2, 0.25) is 5.91 Å². The van der Waals surface area contributed by atoms with Gasteiger partial charge in [-0.05, 0) is 18.9 Å². The van der Waals surface area contributed by atoms with Crippen molar-refractivity contribution < 1.29 is 9.90 Å². The number of hydrogen-bond donors (Lipinski definition) is 3. The van der Waals surface area contributed by atoms with E-state index in [0.29, 0.717) is 6.42 Å². The van der Waals surface area contributed by atoms with Gasteiger partial charge in [-0.3, -0.25) is 4.79 Å². The Balaban J connectivity index is 2.52. The van der Waals surface area contributed by atoms with E-state index in [2.05, 4.69) is 10.6 Å². The highest BCUT2D eigenvalue weighted by molar-refractivity contribution is 5.80. The second-order valence-electron chi connectivity index (χ2n) is 4.07. The molecule has 2 atom stereocenters. The van der Waals surface area contributed by atoms with Crippen molar-refractivity contribution in [3.05, 3.63) is 35.9 Å². The van der Waals surface area contributed by atoms with Gasteiger partial charge >= 0.3 is 0 Å². The molecule has 17 heavy (non-hydrogen) atoms. The van der Waals surface area contributed by atoms with Crippen LogP contribution in [-0.2, 0) is 11.2 Å². The number of aliphatic hydroxyl groups excluding tert-OH is 1. The smallest absolute Gasteiger partial charge is 0.236 e. The second-order valence-corrected chi connectivity index (χ2v) is 4.07. The zero-order valence-electron chi connectivity index (χ0n) is 10.3. The highest BCUT2D eigenvalue weighted by Crippen LogP contribution is 2.03. The Kier molecular flexibility index (Phi) is 5.66. The van der Waals surface area contributed by atoms with Crippen molar-refractivity contribution in [2.75, 3.05) is 13.7 Å². The van der Waals surface area contributed by atoms with Crippen LogP contribution >= 0.6 is 0 Å². The molecule has 1 aromatic rings. The van der Waals surface area contributed by atoms with Crippen molar-refractivity contribution in [2.24, 2.45) is 0 Å². The average molecular weight is 236 g/mol. The van der Waals surface area contributed by atoms with Gasteiger partial charge in [-0.1, -0.05) is 30.3 Å². The van der Waals surface area contributed by atoms with E-state index in [9.17, 15) is 9.90 Å². The van der Waals surface area contributed by atoms with Crippen LogP contribution < -0.4 is 10.6 Å². The zero-order chi connectivity index (χ0) is 12.7. The van der Waals surface area contributed by atoms with E-state index in [1.54, 1.807) is 14.0 Å². The maximum atomic E-state index is 11.4. The van der Waals surface area contributed by atoms with Gasteiger partial charge in [-0.2, -0.15) is 0 Å². The third kappa shape index (κ3) is 4.54. The van der Waals surface area contributed by atoms with Crippen molar-refractivity contribution in [1.82, 2.24) is 10.6 Å².